The maximum Gasteiger partial charge on any atom is 0.0483 e. The van der Waals surface area contributed by atoms with Crippen molar-refractivity contribution in [3.63, 3.8) is 0 Å². The highest BCUT2D eigenvalue weighted by atomic mass is 16.5. The first-order valence-electron chi connectivity index (χ1n) is 5.64. The van der Waals surface area contributed by atoms with Crippen LogP contribution in [0.2, 0.25) is 0 Å². The summed E-state index contributed by atoms with van der Waals surface area (Å²) < 4.78 is 5.37. The van der Waals surface area contributed by atoms with Gasteiger partial charge in [-0.2, -0.15) is 0 Å². The molecule has 0 saturated carbocycles. The Hall–Kier alpha value is -0.120. The number of ether oxygens (including phenoxy) is 1. The van der Waals surface area contributed by atoms with Gasteiger partial charge in [0.05, 0.1) is 0 Å². The van der Waals surface area contributed by atoms with Gasteiger partial charge in [0.15, 0.2) is 0 Å². The highest BCUT2D eigenvalue weighted by molar-refractivity contribution is 4.85. The van der Waals surface area contributed by atoms with E-state index in [0.29, 0.717) is 11.5 Å². The van der Waals surface area contributed by atoms with Crippen LogP contribution in [0.15, 0.2) is 0 Å². The van der Waals surface area contributed by atoms with Crippen molar-refractivity contribution in [1.29, 1.82) is 0 Å². The van der Waals surface area contributed by atoms with Crippen molar-refractivity contribution in [2.24, 2.45) is 5.92 Å². The molecule has 1 aliphatic heterocycles. The van der Waals surface area contributed by atoms with Gasteiger partial charge in [-0.3, -0.25) is 0 Å². The van der Waals surface area contributed by atoms with Crippen LogP contribution in [-0.4, -0.2) is 38.9 Å². The van der Waals surface area contributed by atoms with Gasteiger partial charge < -0.3 is 15.4 Å². The Morgan fingerprint density at radius 2 is 1.93 bits per heavy atom. The summed E-state index contributed by atoms with van der Waals surface area (Å²) in [5.41, 5.74) is 0.306. The fraction of sp³-hybridized carbons (Fsp3) is 1.00. The van der Waals surface area contributed by atoms with Gasteiger partial charge in [0.1, 0.15) is 0 Å². The zero-order valence-corrected chi connectivity index (χ0v) is 9.73. The minimum absolute atomic E-state index is 0.306. The molecule has 0 spiro atoms. The number of nitrogens with one attached hydrogen (secondary N) is 2. The largest absolute Gasteiger partial charge is 0.381 e. The fourth-order valence-electron chi connectivity index (χ4n) is 1.84. The van der Waals surface area contributed by atoms with Crippen LogP contribution < -0.4 is 10.6 Å². The summed E-state index contributed by atoms with van der Waals surface area (Å²) in [5.74, 6) is 0.694. The average molecular weight is 200 g/mol. The minimum atomic E-state index is 0.306. The third kappa shape index (κ3) is 3.95. The van der Waals surface area contributed by atoms with Crippen molar-refractivity contribution in [3.8, 4) is 0 Å². The van der Waals surface area contributed by atoms with Gasteiger partial charge in [0.25, 0.3) is 0 Å². The summed E-state index contributed by atoms with van der Waals surface area (Å²) in [6.07, 6.45) is 2.28. The molecule has 3 heteroatoms. The molecule has 1 fully saturated rings. The minimum Gasteiger partial charge on any atom is -0.381 e. The Kier molecular flexibility index (Phi) is 4.85. The van der Waals surface area contributed by atoms with E-state index in [-0.39, 0.29) is 0 Å². The van der Waals surface area contributed by atoms with E-state index in [0.717, 1.165) is 39.1 Å². The van der Waals surface area contributed by atoms with Gasteiger partial charge in [-0.25, -0.2) is 0 Å². The smallest absolute Gasteiger partial charge is 0.0483 e. The zero-order valence-electron chi connectivity index (χ0n) is 9.73. The number of hydrogen-bond acceptors (Lipinski definition) is 3. The molecule has 1 saturated heterocycles. The second kappa shape index (κ2) is 5.69. The summed E-state index contributed by atoms with van der Waals surface area (Å²) in [7, 11) is 2.01. The van der Waals surface area contributed by atoms with Crippen LogP contribution in [0.25, 0.3) is 0 Å². The van der Waals surface area contributed by atoms with Gasteiger partial charge >= 0.3 is 0 Å². The molecule has 14 heavy (non-hydrogen) atoms. The van der Waals surface area contributed by atoms with Crippen molar-refractivity contribution < 1.29 is 4.74 Å². The van der Waals surface area contributed by atoms with Gasteiger partial charge in [-0.05, 0) is 45.8 Å². The number of rotatable bonds is 5. The van der Waals surface area contributed by atoms with Crippen LogP contribution in [0, 0.1) is 5.92 Å². The lowest BCUT2D eigenvalue weighted by atomic mass is 9.92. The Balaban J connectivity index is 2.21. The predicted molar refractivity (Wildman–Crippen MR) is 59.6 cm³/mol. The molecule has 0 aromatic rings. The van der Waals surface area contributed by atoms with Crippen LogP contribution in [0.5, 0.6) is 0 Å². The van der Waals surface area contributed by atoms with Crippen LogP contribution in [0.1, 0.15) is 26.7 Å². The van der Waals surface area contributed by atoms with E-state index in [9.17, 15) is 0 Å². The topological polar surface area (TPSA) is 33.3 Å². The first kappa shape index (κ1) is 12.0. The van der Waals surface area contributed by atoms with Crippen LogP contribution in [-0.2, 0) is 4.74 Å². The molecule has 1 rings (SSSR count). The standard InChI is InChI=1S/C11H24N2O/c1-10(8-12-3)9-13-11(2)4-6-14-7-5-11/h10,12-13H,4-9H2,1-3H3. The summed E-state index contributed by atoms with van der Waals surface area (Å²) in [6, 6.07) is 0. The normalized spacial score (nSPS) is 23.4. The zero-order chi connectivity index (χ0) is 10.4. The van der Waals surface area contributed by atoms with Crippen molar-refractivity contribution >= 4 is 0 Å². The Morgan fingerprint density at radius 1 is 1.29 bits per heavy atom. The lowest BCUT2D eigenvalue weighted by Crippen LogP contribution is -2.48. The third-order valence-corrected chi connectivity index (χ3v) is 3.03. The monoisotopic (exact) mass is 200 g/mol. The quantitative estimate of drug-likeness (QED) is 0.694. The average Bonchev–Trinajstić information content (AvgIpc) is 2.17. The molecule has 0 amide bonds. The molecule has 0 aromatic heterocycles. The molecule has 2 N–H and O–H groups in total. The maximum absolute atomic E-state index is 5.37. The molecule has 84 valence electrons. The third-order valence-electron chi connectivity index (χ3n) is 3.03. The Morgan fingerprint density at radius 3 is 2.50 bits per heavy atom. The molecule has 1 atom stereocenters. The molecule has 0 aromatic carbocycles. The second-order valence-corrected chi connectivity index (χ2v) is 4.72. The second-order valence-electron chi connectivity index (χ2n) is 4.72. The van der Waals surface area contributed by atoms with Crippen molar-refractivity contribution in [3.05, 3.63) is 0 Å². The van der Waals surface area contributed by atoms with Crippen molar-refractivity contribution in [1.82, 2.24) is 10.6 Å². The summed E-state index contributed by atoms with van der Waals surface area (Å²) in [4.78, 5) is 0. The molecular formula is C11H24N2O. The van der Waals surface area contributed by atoms with E-state index < -0.39 is 0 Å². The van der Waals surface area contributed by atoms with E-state index in [2.05, 4.69) is 24.5 Å². The maximum atomic E-state index is 5.37. The first-order chi connectivity index (χ1) is 6.66. The molecule has 0 aliphatic carbocycles. The van der Waals surface area contributed by atoms with Gasteiger partial charge in [-0.15, -0.1) is 0 Å². The molecule has 0 radical (unpaired) electrons. The van der Waals surface area contributed by atoms with Gasteiger partial charge in [0.2, 0.25) is 0 Å². The molecule has 1 unspecified atom stereocenters. The Labute approximate surface area is 87.6 Å². The molecular weight excluding hydrogens is 176 g/mol. The fourth-order valence-corrected chi connectivity index (χ4v) is 1.84. The van der Waals surface area contributed by atoms with E-state index in [1.165, 1.54) is 0 Å². The lowest BCUT2D eigenvalue weighted by molar-refractivity contribution is 0.0440. The van der Waals surface area contributed by atoms with Crippen LogP contribution in [0.3, 0.4) is 0 Å². The highest BCUT2D eigenvalue weighted by Crippen LogP contribution is 2.19. The molecule has 3 nitrogen and oxygen atoms in total. The van der Waals surface area contributed by atoms with E-state index >= 15 is 0 Å². The van der Waals surface area contributed by atoms with Gasteiger partial charge in [0, 0.05) is 18.8 Å². The summed E-state index contributed by atoms with van der Waals surface area (Å²) in [5, 5.41) is 6.87. The van der Waals surface area contributed by atoms with Crippen LogP contribution in [0.4, 0.5) is 0 Å². The highest BCUT2D eigenvalue weighted by Gasteiger charge is 2.26. The first-order valence-corrected chi connectivity index (χ1v) is 5.64. The molecule has 1 aliphatic rings. The summed E-state index contributed by atoms with van der Waals surface area (Å²) >= 11 is 0. The predicted octanol–water partition coefficient (Wildman–Crippen LogP) is 1.00. The SMILES string of the molecule is CNCC(C)CNC1(C)CCOCC1. The van der Waals surface area contributed by atoms with E-state index in [4.69, 9.17) is 4.74 Å². The van der Waals surface area contributed by atoms with Crippen LogP contribution >= 0.6 is 0 Å². The summed E-state index contributed by atoms with van der Waals surface area (Å²) in [6.45, 7) is 8.57. The van der Waals surface area contributed by atoms with Crippen molar-refractivity contribution in [2.75, 3.05) is 33.4 Å². The molecule has 1 heterocycles. The van der Waals surface area contributed by atoms with E-state index in [1.807, 2.05) is 7.05 Å². The van der Waals surface area contributed by atoms with Gasteiger partial charge in [-0.1, -0.05) is 6.92 Å². The molecule has 0 bridgehead atoms. The Bertz CT molecular complexity index is 155. The lowest BCUT2D eigenvalue weighted by Gasteiger charge is -2.35. The number of hydrogen-bond donors (Lipinski definition) is 2. The van der Waals surface area contributed by atoms with E-state index in [1.54, 1.807) is 0 Å². The van der Waals surface area contributed by atoms with Crippen molar-refractivity contribution in [2.45, 2.75) is 32.2 Å².